The number of aromatic nitrogens is 1. The second-order valence-corrected chi connectivity index (χ2v) is 12.5. The molecule has 1 aliphatic rings. The van der Waals surface area contributed by atoms with Gasteiger partial charge < -0.3 is 15.2 Å². The highest BCUT2D eigenvalue weighted by Crippen LogP contribution is 2.45. The number of pyridine rings is 1. The van der Waals surface area contributed by atoms with E-state index in [1.807, 2.05) is 48.5 Å². The molecule has 0 aliphatic carbocycles. The van der Waals surface area contributed by atoms with Crippen LogP contribution in [0.1, 0.15) is 35.4 Å². The van der Waals surface area contributed by atoms with Crippen molar-refractivity contribution in [3.63, 3.8) is 0 Å². The van der Waals surface area contributed by atoms with Crippen LogP contribution in [0.2, 0.25) is 5.02 Å². The third-order valence-corrected chi connectivity index (χ3v) is 8.73. The number of nitrogens with zero attached hydrogens (tertiary/aromatic N) is 1. The maximum Gasteiger partial charge on any atom is 0.217 e. The first-order valence-corrected chi connectivity index (χ1v) is 14.9. The number of aliphatic hydroxyl groups is 1. The van der Waals surface area contributed by atoms with Crippen molar-refractivity contribution in [2.75, 3.05) is 19.9 Å². The van der Waals surface area contributed by atoms with Gasteiger partial charge in [-0.2, -0.15) is 0 Å². The number of nitrogens with one attached hydrogen (secondary N) is 1. The zero-order valence-electron chi connectivity index (χ0n) is 21.4. The first-order valence-electron chi connectivity index (χ1n) is 12.6. The van der Waals surface area contributed by atoms with Crippen LogP contribution in [0.15, 0.2) is 83.8 Å². The van der Waals surface area contributed by atoms with Crippen molar-refractivity contribution in [3.8, 4) is 5.88 Å². The summed E-state index contributed by atoms with van der Waals surface area (Å²) in [6.45, 7) is 0.652. The Hall–Kier alpha value is -2.97. The van der Waals surface area contributed by atoms with Gasteiger partial charge in [0.25, 0.3) is 0 Å². The lowest BCUT2D eigenvalue weighted by Crippen LogP contribution is -2.52. The Balaban J connectivity index is 1.63. The summed E-state index contributed by atoms with van der Waals surface area (Å²) in [6, 6.07) is 24.6. The van der Waals surface area contributed by atoms with Gasteiger partial charge in [-0.3, -0.25) is 0 Å². The van der Waals surface area contributed by atoms with Gasteiger partial charge >= 0.3 is 0 Å². The van der Waals surface area contributed by atoms with Gasteiger partial charge in [-0.15, -0.1) is 0 Å². The quantitative estimate of drug-likeness (QED) is 0.330. The summed E-state index contributed by atoms with van der Waals surface area (Å²) in [6.07, 6.45) is 3.02. The van der Waals surface area contributed by atoms with E-state index >= 15 is 0 Å². The van der Waals surface area contributed by atoms with E-state index in [9.17, 15) is 13.5 Å². The van der Waals surface area contributed by atoms with Gasteiger partial charge in [0.1, 0.15) is 0 Å². The Labute approximate surface area is 228 Å². The van der Waals surface area contributed by atoms with Crippen LogP contribution >= 0.6 is 11.6 Å². The summed E-state index contributed by atoms with van der Waals surface area (Å²) in [5.74, 6) is -0.0787. The monoisotopic (exact) mass is 550 g/mol. The summed E-state index contributed by atoms with van der Waals surface area (Å²) in [7, 11) is -1.84. The van der Waals surface area contributed by atoms with E-state index in [0.29, 0.717) is 46.8 Å². The van der Waals surface area contributed by atoms with Crippen LogP contribution in [0, 0.1) is 0 Å². The number of halogens is 1. The van der Waals surface area contributed by atoms with E-state index in [2.05, 4.69) is 17.4 Å². The fourth-order valence-corrected chi connectivity index (χ4v) is 6.37. The van der Waals surface area contributed by atoms with E-state index in [-0.39, 0.29) is 10.9 Å². The minimum atomic E-state index is -3.40. The highest BCUT2D eigenvalue weighted by molar-refractivity contribution is 7.90. The molecule has 1 saturated heterocycles. The zero-order valence-corrected chi connectivity index (χ0v) is 23.0. The lowest BCUT2D eigenvalue weighted by Gasteiger charge is -2.43. The topological polar surface area (TPSA) is 88.5 Å². The number of hydrogen-bond acceptors (Lipinski definition) is 6. The molecule has 0 saturated carbocycles. The highest BCUT2D eigenvalue weighted by Gasteiger charge is 2.44. The third-order valence-electron chi connectivity index (χ3n) is 7.37. The molecule has 198 valence electrons. The van der Waals surface area contributed by atoms with E-state index in [4.69, 9.17) is 21.3 Å². The number of sulfone groups is 1. The number of piperidine rings is 1. The minimum Gasteiger partial charge on any atom is -0.481 e. The molecule has 6 nitrogen and oxygen atoms in total. The summed E-state index contributed by atoms with van der Waals surface area (Å²) >= 11 is 6.23. The van der Waals surface area contributed by atoms with Crippen molar-refractivity contribution in [1.82, 2.24) is 10.3 Å². The van der Waals surface area contributed by atoms with E-state index in [1.54, 1.807) is 25.3 Å². The molecule has 0 spiro atoms. The second-order valence-electron chi connectivity index (χ2n) is 10.1. The lowest BCUT2D eigenvalue weighted by atomic mass is 9.70. The van der Waals surface area contributed by atoms with Gasteiger partial charge in [-0.25, -0.2) is 13.4 Å². The maximum atomic E-state index is 12.4. The van der Waals surface area contributed by atoms with Crippen molar-refractivity contribution in [2.24, 2.45) is 0 Å². The molecule has 5 rings (SSSR count). The van der Waals surface area contributed by atoms with Crippen molar-refractivity contribution >= 4 is 32.3 Å². The van der Waals surface area contributed by atoms with Crippen LogP contribution in [0.25, 0.3) is 10.9 Å². The molecule has 0 amide bonds. The Morgan fingerprint density at radius 2 is 1.84 bits per heavy atom. The number of rotatable bonds is 7. The molecule has 0 radical (unpaired) electrons. The number of methoxy groups -OCH3 is 1. The van der Waals surface area contributed by atoms with E-state index in [1.165, 1.54) is 11.8 Å². The zero-order chi connectivity index (χ0) is 26.9. The fraction of sp³-hybridized carbons (Fsp3) is 0.300. The Kier molecular flexibility index (Phi) is 7.47. The molecule has 38 heavy (non-hydrogen) atoms. The molecule has 3 atom stereocenters. The average Bonchev–Trinajstić information content (AvgIpc) is 2.89. The Morgan fingerprint density at radius 1 is 1.11 bits per heavy atom. The van der Waals surface area contributed by atoms with Crippen LogP contribution in [0.4, 0.5) is 0 Å². The normalized spacial score (nSPS) is 20.8. The fourth-order valence-electron chi connectivity index (χ4n) is 5.59. The van der Waals surface area contributed by atoms with Crippen LogP contribution in [-0.2, 0) is 16.3 Å². The largest absolute Gasteiger partial charge is 0.481 e. The smallest absolute Gasteiger partial charge is 0.217 e. The molecule has 0 bridgehead atoms. The summed E-state index contributed by atoms with van der Waals surface area (Å²) in [5, 5.41) is 17.2. The van der Waals surface area contributed by atoms with Gasteiger partial charge in [-0.1, -0.05) is 54.1 Å². The number of benzene rings is 3. The predicted molar refractivity (Wildman–Crippen MR) is 151 cm³/mol. The number of fused-ring (bicyclic) bond motifs is 1. The second kappa shape index (κ2) is 10.7. The first kappa shape index (κ1) is 26.6. The first-order chi connectivity index (χ1) is 18.2. The van der Waals surface area contributed by atoms with Crippen molar-refractivity contribution < 1.29 is 18.3 Å². The lowest BCUT2D eigenvalue weighted by molar-refractivity contribution is -0.0191. The van der Waals surface area contributed by atoms with Gasteiger partial charge in [0.15, 0.2) is 9.84 Å². The molecule has 8 heteroatoms. The summed E-state index contributed by atoms with van der Waals surface area (Å²) in [4.78, 5) is 4.94. The molecule has 3 unspecified atom stereocenters. The standard InChI is InChI=1S/C30H31ClN2O4S/c1-37-29-26(18-22-17-25(38(2,35)36)12-13-27(22)33-29)28(21-8-10-23(31)11-9-21)30(34)14-15-32-24(19-30)16-20-6-4-3-5-7-20/h3-13,17-18,24,28,32,34H,14-16,19H2,1-2H3. The van der Waals surface area contributed by atoms with Crippen LogP contribution < -0.4 is 10.1 Å². The molecular weight excluding hydrogens is 520 g/mol. The molecule has 3 aromatic carbocycles. The van der Waals surface area contributed by atoms with E-state index in [0.717, 1.165) is 12.0 Å². The molecule has 4 aromatic rings. The molecular formula is C30H31ClN2O4S. The maximum absolute atomic E-state index is 12.4. The Bertz CT molecular complexity index is 1540. The molecule has 1 fully saturated rings. The van der Waals surface area contributed by atoms with E-state index < -0.39 is 21.4 Å². The number of ether oxygens (including phenoxy) is 1. The van der Waals surface area contributed by atoms with Crippen LogP contribution in [-0.4, -0.2) is 50.1 Å². The SMILES string of the molecule is COc1nc2ccc(S(C)(=O)=O)cc2cc1C(c1ccc(Cl)cc1)C1(O)CCNC(Cc2ccccc2)C1. The predicted octanol–water partition coefficient (Wildman–Crippen LogP) is 5.16. The van der Waals surface area contributed by atoms with Crippen molar-refractivity contribution in [1.29, 1.82) is 0 Å². The molecule has 2 heterocycles. The Morgan fingerprint density at radius 3 is 2.53 bits per heavy atom. The third kappa shape index (κ3) is 5.57. The molecule has 2 N–H and O–H groups in total. The van der Waals surface area contributed by atoms with Crippen molar-refractivity contribution in [2.45, 2.75) is 41.7 Å². The number of hydrogen-bond donors (Lipinski definition) is 2. The molecule has 1 aliphatic heterocycles. The van der Waals surface area contributed by atoms with Gasteiger partial charge in [0.05, 0.1) is 23.1 Å². The van der Waals surface area contributed by atoms with Crippen LogP contribution in [0.3, 0.4) is 0 Å². The van der Waals surface area contributed by atoms with Crippen molar-refractivity contribution in [3.05, 3.63) is 101 Å². The summed E-state index contributed by atoms with van der Waals surface area (Å²) < 4.78 is 30.3. The van der Waals surface area contributed by atoms with Gasteiger partial charge in [0, 0.05) is 34.2 Å². The minimum absolute atomic E-state index is 0.0715. The average molecular weight is 551 g/mol. The van der Waals surface area contributed by atoms with Gasteiger partial charge in [0.2, 0.25) is 5.88 Å². The highest BCUT2D eigenvalue weighted by atomic mass is 35.5. The van der Waals surface area contributed by atoms with Gasteiger partial charge in [-0.05, 0) is 73.3 Å². The van der Waals surface area contributed by atoms with Crippen LogP contribution in [0.5, 0.6) is 5.88 Å². The molecule has 1 aromatic heterocycles. The summed E-state index contributed by atoms with van der Waals surface area (Å²) in [5.41, 5.74) is 2.30.